The maximum Gasteiger partial charge on any atom is 0.270 e. The Kier molecular flexibility index (Phi) is 7.95. The van der Waals surface area contributed by atoms with Crippen LogP contribution in [0.15, 0.2) is 48.4 Å². The molecule has 2 aliphatic heterocycles. The second kappa shape index (κ2) is 11.5. The molecule has 38 heavy (non-hydrogen) atoms. The fraction of sp³-hybridized carbons (Fsp3) is 0.483. The molecule has 202 valence electrons. The monoisotopic (exact) mass is 517 g/mol. The first-order valence-corrected chi connectivity index (χ1v) is 13.7. The lowest BCUT2D eigenvalue weighted by Crippen LogP contribution is -2.46. The fourth-order valence-corrected chi connectivity index (χ4v) is 5.51. The highest BCUT2D eigenvalue weighted by molar-refractivity contribution is 5.93. The molecule has 0 spiro atoms. The molecule has 1 aromatic carbocycles. The predicted molar refractivity (Wildman–Crippen MR) is 149 cm³/mol. The third-order valence-corrected chi connectivity index (χ3v) is 8.07. The first-order valence-electron chi connectivity index (χ1n) is 13.7. The van der Waals surface area contributed by atoms with Crippen molar-refractivity contribution in [1.82, 2.24) is 25.0 Å². The van der Waals surface area contributed by atoms with E-state index in [0.717, 1.165) is 76.0 Å². The van der Waals surface area contributed by atoms with E-state index in [2.05, 4.69) is 50.2 Å². The maximum atomic E-state index is 12.6. The average Bonchev–Trinajstić information content (AvgIpc) is 2.94. The Morgan fingerprint density at radius 3 is 2.47 bits per heavy atom. The van der Waals surface area contributed by atoms with Crippen LogP contribution >= 0.6 is 0 Å². The number of fused-ring (bicyclic) bond motifs is 1. The molecule has 2 aromatic rings. The third kappa shape index (κ3) is 6.16. The van der Waals surface area contributed by atoms with Gasteiger partial charge >= 0.3 is 0 Å². The molecule has 0 bridgehead atoms. The van der Waals surface area contributed by atoms with E-state index in [-0.39, 0.29) is 18.1 Å². The number of hydrogen-bond acceptors (Lipinski definition) is 7. The van der Waals surface area contributed by atoms with Gasteiger partial charge in [-0.15, -0.1) is 0 Å². The number of nitrogens with one attached hydrogen (secondary N) is 2. The van der Waals surface area contributed by atoms with Crippen LogP contribution in [0.1, 0.15) is 47.3 Å². The van der Waals surface area contributed by atoms with Crippen molar-refractivity contribution in [2.45, 2.75) is 50.8 Å². The molecule has 9 nitrogen and oxygen atoms in total. The van der Waals surface area contributed by atoms with Crippen molar-refractivity contribution in [2.75, 3.05) is 39.8 Å². The highest BCUT2D eigenvalue weighted by atomic mass is 16.3. The summed E-state index contributed by atoms with van der Waals surface area (Å²) in [6, 6.07) is 10.3. The summed E-state index contributed by atoms with van der Waals surface area (Å²) in [5.74, 6) is 0.947. The zero-order valence-corrected chi connectivity index (χ0v) is 22.2. The number of benzene rings is 1. The van der Waals surface area contributed by atoms with Gasteiger partial charge in [0.25, 0.3) is 5.91 Å². The van der Waals surface area contributed by atoms with Gasteiger partial charge in [-0.1, -0.05) is 18.2 Å². The van der Waals surface area contributed by atoms with Gasteiger partial charge in [0.05, 0.1) is 6.10 Å². The van der Waals surface area contributed by atoms with Crippen LogP contribution in [0, 0.1) is 5.41 Å². The van der Waals surface area contributed by atoms with E-state index < -0.39 is 0 Å². The quantitative estimate of drug-likeness (QED) is 0.354. The van der Waals surface area contributed by atoms with Crippen LogP contribution in [-0.4, -0.2) is 88.5 Å². The molecule has 5 rings (SSSR count). The van der Waals surface area contributed by atoms with E-state index in [9.17, 15) is 9.90 Å². The van der Waals surface area contributed by atoms with Gasteiger partial charge in [-0.2, -0.15) is 0 Å². The summed E-state index contributed by atoms with van der Waals surface area (Å²) in [4.78, 5) is 23.6. The van der Waals surface area contributed by atoms with E-state index in [0.29, 0.717) is 23.9 Å². The molecular weight excluding hydrogens is 478 g/mol. The number of aromatic nitrogens is 1. The number of nitrogens with zero attached hydrogens (tertiary/aromatic N) is 4. The van der Waals surface area contributed by atoms with Gasteiger partial charge in [-0.05, 0) is 68.0 Å². The molecule has 1 aliphatic carbocycles. The van der Waals surface area contributed by atoms with E-state index in [1.807, 2.05) is 6.07 Å². The van der Waals surface area contributed by atoms with E-state index in [4.69, 9.17) is 11.1 Å². The number of rotatable bonds is 5. The Balaban J connectivity index is 1.22. The Hall–Kier alpha value is -3.43. The molecule has 5 N–H and O–H groups in total. The van der Waals surface area contributed by atoms with Gasteiger partial charge in [0.2, 0.25) is 0 Å². The summed E-state index contributed by atoms with van der Waals surface area (Å²) in [5.41, 5.74) is 11.3. The van der Waals surface area contributed by atoms with Crippen LogP contribution in [0.3, 0.4) is 0 Å². The van der Waals surface area contributed by atoms with Crippen LogP contribution in [0.25, 0.3) is 11.1 Å². The van der Waals surface area contributed by atoms with Crippen LogP contribution in [-0.2, 0) is 13.0 Å². The molecule has 0 radical (unpaired) electrons. The van der Waals surface area contributed by atoms with E-state index in [1.54, 1.807) is 18.3 Å². The zero-order valence-electron chi connectivity index (χ0n) is 22.2. The highest BCUT2D eigenvalue weighted by Crippen LogP contribution is 2.27. The topological polar surface area (TPSA) is 122 Å². The van der Waals surface area contributed by atoms with Gasteiger partial charge in [0, 0.05) is 63.1 Å². The Morgan fingerprint density at radius 1 is 1.03 bits per heavy atom. The number of piperazine rings is 1. The highest BCUT2D eigenvalue weighted by Gasteiger charge is 2.23. The van der Waals surface area contributed by atoms with Crippen molar-refractivity contribution in [2.24, 2.45) is 5.73 Å². The summed E-state index contributed by atoms with van der Waals surface area (Å²) in [7, 11) is 2.12. The average molecular weight is 518 g/mol. The molecule has 0 unspecified atom stereocenters. The lowest BCUT2D eigenvalue weighted by molar-refractivity contribution is 0.0863. The molecule has 1 saturated heterocycles. The minimum atomic E-state index is -0.244. The number of amides is 1. The van der Waals surface area contributed by atoms with Gasteiger partial charge < -0.3 is 30.9 Å². The maximum absolute atomic E-state index is 12.6. The zero-order chi connectivity index (χ0) is 26.6. The van der Waals surface area contributed by atoms with E-state index in [1.165, 1.54) is 11.1 Å². The number of hydrogen-bond donors (Lipinski definition) is 4. The Bertz CT molecular complexity index is 1180. The minimum Gasteiger partial charge on any atom is -0.393 e. The lowest BCUT2D eigenvalue weighted by Gasteiger charge is -2.35. The third-order valence-electron chi connectivity index (χ3n) is 8.07. The molecule has 1 aromatic heterocycles. The molecule has 1 saturated carbocycles. The number of aliphatic hydroxyl groups excluding tert-OH is 1. The Labute approximate surface area is 224 Å². The lowest BCUT2D eigenvalue weighted by atomic mass is 9.93. The van der Waals surface area contributed by atoms with Crippen molar-refractivity contribution in [3.05, 3.63) is 65.2 Å². The largest absolute Gasteiger partial charge is 0.393 e. The van der Waals surface area contributed by atoms with Crippen molar-refractivity contribution in [1.29, 1.82) is 5.41 Å². The summed E-state index contributed by atoms with van der Waals surface area (Å²) >= 11 is 0. The van der Waals surface area contributed by atoms with Crippen molar-refractivity contribution in [3.8, 4) is 11.1 Å². The molecule has 3 aliphatic rings. The smallest absolute Gasteiger partial charge is 0.270 e. The minimum absolute atomic E-state index is 0.0986. The van der Waals surface area contributed by atoms with Gasteiger partial charge in [-0.3, -0.25) is 15.2 Å². The number of aliphatic hydroxyl groups is 1. The number of carbonyl (C=O) groups is 1. The van der Waals surface area contributed by atoms with Crippen LogP contribution in [0.4, 0.5) is 0 Å². The SMILES string of the molecule is CN1CCN(/C(N)=C/C(=N)N2CCc3ccc(-c4ccc(C(=O)NC5CCC(O)CC5)nc4)cc3C2)CC1. The summed E-state index contributed by atoms with van der Waals surface area (Å²) in [6.45, 7) is 5.19. The Morgan fingerprint density at radius 2 is 1.76 bits per heavy atom. The number of pyridine rings is 1. The van der Waals surface area contributed by atoms with Crippen LogP contribution in [0.2, 0.25) is 0 Å². The first kappa shape index (κ1) is 26.2. The number of carbonyl (C=O) groups excluding carboxylic acids is 1. The van der Waals surface area contributed by atoms with Crippen molar-refractivity contribution in [3.63, 3.8) is 0 Å². The van der Waals surface area contributed by atoms with Crippen molar-refractivity contribution >= 4 is 11.7 Å². The summed E-state index contributed by atoms with van der Waals surface area (Å²) in [5, 5.41) is 21.4. The number of amidine groups is 1. The standard InChI is InChI=1S/C29H39N7O2/c1-34-12-14-35(15-13-34)27(30)17-28(31)36-11-10-20-2-3-21(16-23(20)19-36)22-4-9-26(32-18-22)29(38)33-24-5-7-25(37)8-6-24/h2-4,9,16-18,24-25,31,37H,5-8,10-15,19,30H2,1H3,(H,33,38)/b27-17+,31-28?. The van der Waals surface area contributed by atoms with Gasteiger partial charge in [0.1, 0.15) is 17.4 Å². The molecule has 2 fully saturated rings. The molecule has 1 amide bonds. The molecule has 0 atom stereocenters. The fourth-order valence-electron chi connectivity index (χ4n) is 5.51. The number of nitrogens with two attached hydrogens (primary N) is 1. The predicted octanol–water partition coefficient (Wildman–Crippen LogP) is 2.16. The van der Waals surface area contributed by atoms with Gasteiger partial charge in [-0.25, -0.2) is 0 Å². The number of likely N-dealkylation sites (N-methyl/N-ethyl adjacent to an activating group) is 1. The first-order chi connectivity index (χ1) is 18.4. The van der Waals surface area contributed by atoms with Crippen LogP contribution < -0.4 is 11.1 Å². The van der Waals surface area contributed by atoms with Gasteiger partial charge in [0.15, 0.2) is 0 Å². The second-order valence-electron chi connectivity index (χ2n) is 10.8. The normalized spacial score (nSPS) is 22.6. The molecule has 9 heteroatoms. The van der Waals surface area contributed by atoms with Crippen LogP contribution in [0.5, 0.6) is 0 Å². The molecule has 3 heterocycles. The molecular formula is C29H39N7O2. The second-order valence-corrected chi connectivity index (χ2v) is 10.8. The summed E-state index contributed by atoms with van der Waals surface area (Å²) in [6.07, 6.45) is 7.24. The summed E-state index contributed by atoms with van der Waals surface area (Å²) < 4.78 is 0. The van der Waals surface area contributed by atoms with E-state index >= 15 is 0 Å². The van der Waals surface area contributed by atoms with Crippen molar-refractivity contribution < 1.29 is 9.90 Å².